The van der Waals surface area contributed by atoms with Gasteiger partial charge < -0.3 is 10.2 Å². The molecule has 0 saturated heterocycles. The summed E-state index contributed by atoms with van der Waals surface area (Å²) in [6, 6.07) is 7.61. The second-order valence-corrected chi connectivity index (χ2v) is 4.56. The zero-order valence-electron chi connectivity index (χ0n) is 10.4. The third-order valence-electron chi connectivity index (χ3n) is 2.23. The van der Waals surface area contributed by atoms with Crippen molar-refractivity contribution in [1.82, 2.24) is 4.90 Å². The number of anilines is 1. The zero-order valence-corrected chi connectivity index (χ0v) is 10.4. The number of nitrogens with zero attached hydrogens (tertiary/aromatic N) is 1. The lowest BCUT2D eigenvalue weighted by Gasteiger charge is -2.13. The van der Waals surface area contributed by atoms with E-state index in [0.29, 0.717) is 5.92 Å². The molecule has 1 rings (SSSR count). The first-order valence-electron chi connectivity index (χ1n) is 5.56. The van der Waals surface area contributed by atoms with Crippen LogP contribution in [0.3, 0.4) is 0 Å². The summed E-state index contributed by atoms with van der Waals surface area (Å²) in [5, 5.41) is 3.31. The fourth-order valence-corrected chi connectivity index (χ4v) is 1.34. The highest BCUT2D eigenvalue weighted by atomic mass is 16.2. The van der Waals surface area contributed by atoms with E-state index in [2.05, 4.69) is 19.2 Å². The van der Waals surface area contributed by atoms with Crippen LogP contribution in [-0.4, -0.2) is 31.4 Å². The van der Waals surface area contributed by atoms with Crippen molar-refractivity contribution in [2.75, 3.05) is 26.0 Å². The number of amides is 1. The molecule has 0 bridgehead atoms. The molecule has 0 radical (unpaired) electrons. The van der Waals surface area contributed by atoms with Gasteiger partial charge in [-0.3, -0.25) is 4.79 Å². The van der Waals surface area contributed by atoms with Gasteiger partial charge in [-0.05, 0) is 24.1 Å². The summed E-state index contributed by atoms with van der Waals surface area (Å²) in [5.74, 6) is 0.626. The lowest BCUT2D eigenvalue weighted by Crippen LogP contribution is -2.21. The van der Waals surface area contributed by atoms with E-state index in [9.17, 15) is 4.79 Å². The van der Waals surface area contributed by atoms with Crippen LogP contribution in [0.25, 0.3) is 0 Å². The molecule has 0 saturated carbocycles. The third kappa shape index (κ3) is 3.57. The molecule has 3 heteroatoms. The second-order valence-electron chi connectivity index (χ2n) is 4.56. The van der Waals surface area contributed by atoms with Crippen LogP contribution >= 0.6 is 0 Å². The van der Waals surface area contributed by atoms with Crippen molar-refractivity contribution in [3.63, 3.8) is 0 Å². The van der Waals surface area contributed by atoms with Gasteiger partial charge >= 0.3 is 0 Å². The van der Waals surface area contributed by atoms with Gasteiger partial charge in [0, 0.05) is 31.9 Å². The first-order chi connectivity index (χ1) is 7.50. The average Bonchev–Trinajstić information content (AvgIpc) is 2.25. The molecule has 0 unspecified atom stereocenters. The highest BCUT2D eigenvalue weighted by Gasteiger charge is 2.07. The standard InChI is InChI=1S/C13H20N2O/c1-10(2)9-14-12-7-5-6-11(8-12)13(16)15(3)4/h5-8,10,14H,9H2,1-4H3. The van der Waals surface area contributed by atoms with Gasteiger partial charge in [-0.1, -0.05) is 19.9 Å². The van der Waals surface area contributed by atoms with Crippen molar-refractivity contribution < 1.29 is 4.79 Å². The Morgan fingerprint density at radius 2 is 2.06 bits per heavy atom. The molecule has 1 aromatic rings. The Labute approximate surface area is 97.5 Å². The van der Waals surface area contributed by atoms with Crippen LogP contribution in [-0.2, 0) is 0 Å². The van der Waals surface area contributed by atoms with Gasteiger partial charge in [-0.2, -0.15) is 0 Å². The predicted octanol–water partition coefficient (Wildman–Crippen LogP) is 2.46. The number of benzene rings is 1. The van der Waals surface area contributed by atoms with E-state index >= 15 is 0 Å². The van der Waals surface area contributed by atoms with E-state index in [1.807, 2.05) is 24.3 Å². The molecule has 3 nitrogen and oxygen atoms in total. The number of hydrogen-bond donors (Lipinski definition) is 1. The highest BCUT2D eigenvalue weighted by Crippen LogP contribution is 2.12. The summed E-state index contributed by atoms with van der Waals surface area (Å²) in [4.78, 5) is 13.3. The van der Waals surface area contributed by atoms with E-state index < -0.39 is 0 Å². The van der Waals surface area contributed by atoms with Crippen LogP contribution < -0.4 is 5.32 Å². The van der Waals surface area contributed by atoms with E-state index in [4.69, 9.17) is 0 Å². The van der Waals surface area contributed by atoms with Crippen molar-refractivity contribution in [1.29, 1.82) is 0 Å². The Morgan fingerprint density at radius 3 is 2.62 bits per heavy atom. The van der Waals surface area contributed by atoms with Crippen molar-refractivity contribution in [3.05, 3.63) is 29.8 Å². The summed E-state index contributed by atoms with van der Waals surface area (Å²) in [5.41, 5.74) is 1.72. The third-order valence-corrected chi connectivity index (χ3v) is 2.23. The van der Waals surface area contributed by atoms with Gasteiger partial charge in [0.25, 0.3) is 5.91 Å². The van der Waals surface area contributed by atoms with Gasteiger partial charge in [0.05, 0.1) is 0 Å². The number of nitrogens with one attached hydrogen (secondary N) is 1. The Morgan fingerprint density at radius 1 is 1.38 bits per heavy atom. The summed E-state index contributed by atoms with van der Waals surface area (Å²) >= 11 is 0. The van der Waals surface area contributed by atoms with Gasteiger partial charge in [-0.15, -0.1) is 0 Å². The molecule has 0 aliphatic rings. The van der Waals surface area contributed by atoms with E-state index in [-0.39, 0.29) is 5.91 Å². The minimum atomic E-state index is 0.0354. The number of carbonyl (C=O) groups excluding carboxylic acids is 1. The predicted molar refractivity (Wildman–Crippen MR) is 67.8 cm³/mol. The molecule has 16 heavy (non-hydrogen) atoms. The Balaban J connectivity index is 2.75. The number of carbonyl (C=O) groups is 1. The molecular weight excluding hydrogens is 200 g/mol. The minimum absolute atomic E-state index is 0.0354. The molecule has 0 atom stereocenters. The average molecular weight is 220 g/mol. The first-order valence-corrected chi connectivity index (χ1v) is 5.56. The molecule has 0 aliphatic carbocycles. The van der Waals surface area contributed by atoms with Crippen molar-refractivity contribution in [3.8, 4) is 0 Å². The maximum absolute atomic E-state index is 11.7. The molecule has 0 aliphatic heterocycles. The van der Waals surface area contributed by atoms with Crippen molar-refractivity contribution >= 4 is 11.6 Å². The summed E-state index contributed by atoms with van der Waals surface area (Å²) in [6.07, 6.45) is 0. The summed E-state index contributed by atoms with van der Waals surface area (Å²) < 4.78 is 0. The van der Waals surface area contributed by atoms with E-state index in [0.717, 1.165) is 17.8 Å². The second kappa shape index (κ2) is 5.54. The molecule has 1 N–H and O–H groups in total. The fourth-order valence-electron chi connectivity index (χ4n) is 1.34. The SMILES string of the molecule is CC(C)CNc1cccc(C(=O)N(C)C)c1. The molecule has 1 aromatic carbocycles. The van der Waals surface area contributed by atoms with Gasteiger partial charge in [-0.25, -0.2) is 0 Å². The molecule has 1 amide bonds. The zero-order chi connectivity index (χ0) is 12.1. The molecule has 0 heterocycles. The van der Waals surface area contributed by atoms with Crippen LogP contribution in [0.4, 0.5) is 5.69 Å². The Bertz CT molecular complexity index is 359. The van der Waals surface area contributed by atoms with Crippen molar-refractivity contribution in [2.24, 2.45) is 5.92 Å². The molecule has 0 aromatic heterocycles. The van der Waals surface area contributed by atoms with Gasteiger partial charge in [0.15, 0.2) is 0 Å². The molecule has 88 valence electrons. The summed E-state index contributed by atoms with van der Waals surface area (Å²) in [6.45, 7) is 5.23. The summed E-state index contributed by atoms with van der Waals surface area (Å²) in [7, 11) is 3.52. The first kappa shape index (κ1) is 12.6. The monoisotopic (exact) mass is 220 g/mol. The number of hydrogen-bond acceptors (Lipinski definition) is 2. The van der Waals surface area contributed by atoms with Gasteiger partial charge in [0.2, 0.25) is 0 Å². The maximum Gasteiger partial charge on any atom is 0.253 e. The lowest BCUT2D eigenvalue weighted by molar-refractivity contribution is 0.0827. The van der Waals surface area contributed by atoms with Crippen LogP contribution in [0.15, 0.2) is 24.3 Å². The quantitative estimate of drug-likeness (QED) is 0.845. The smallest absolute Gasteiger partial charge is 0.253 e. The van der Waals surface area contributed by atoms with Crippen molar-refractivity contribution in [2.45, 2.75) is 13.8 Å². The fraction of sp³-hybridized carbons (Fsp3) is 0.462. The van der Waals surface area contributed by atoms with E-state index in [1.165, 1.54) is 0 Å². The molecule has 0 spiro atoms. The highest BCUT2D eigenvalue weighted by molar-refractivity contribution is 5.94. The Kier molecular flexibility index (Phi) is 4.35. The normalized spacial score (nSPS) is 10.3. The van der Waals surface area contributed by atoms with Crippen LogP contribution in [0.2, 0.25) is 0 Å². The number of rotatable bonds is 4. The Hall–Kier alpha value is -1.51. The molecular formula is C13H20N2O. The van der Waals surface area contributed by atoms with Crippen LogP contribution in [0.1, 0.15) is 24.2 Å². The van der Waals surface area contributed by atoms with E-state index in [1.54, 1.807) is 19.0 Å². The lowest BCUT2D eigenvalue weighted by atomic mass is 10.1. The molecule has 0 fully saturated rings. The van der Waals surface area contributed by atoms with Gasteiger partial charge in [0.1, 0.15) is 0 Å². The topological polar surface area (TPSA) is 32.3 Å². The minimum Gasteiger partial charge on any atom is -0.385 e. The maximum atomic E-state index is 11.7. The van der Waals surface area contributed by atoms with Crippen LogP contribution in [0.5, 0.6) is 0 Å². The van der Waals surface area contributed by atoms with Crippen LogP contribution in [0, 0.1) is 5.92 Å². The largest absolute Gasteiger partial charge is 0.385 e.